The number of amides is 4. The molecular weight excluding hydrogens is 524 g/mol. The van der Waals surface area contributed by atoms with Crippen molar-refractivity contribution in [2.24, 2.45) is 26.9 Å². The number of hydrogen-bond donors (Lipinski definition) is 5. The van der Waals surface area contributed by atoms with Crippen LogP contribution >= 0.6 is 0 Å². The van der Waals surface area contributed by atoms with Gasteiger partial charge in [0.15, 0.2) is 11.6 Å². The van der Waals surface area contributed by atoms with Gasteiger partial charge >= 0.3 is 5.97 Å². The highest BCUT2D eigenvalue weighted by Crippen LogP contribution is 2.15. The summed E-state index contributed by atoms with van der Waals surface area (Å²) in [4.78, 5) is 69.4. The van der Waals surface area contributed by atoms with Gasteiger partial charge in [-0.2, -0.15) is 0 Å². The molecule has 0 saturated carbocycles. The summed E-state index contributed by atoms with van der Waals surface area (Å²) in [5.74, 6) is -1.84. The maximum atomic E-state index is 12.7. The first-order chi connectivity index (χ1) is 19.0. The average molecular weight is 557 g/mol. The second kappa shape index (κ2) is 13.2. The van der Waals surface area contributed by atoms with Crippen molar-refractivity contribution in [1.29, 1.82) is 0 Å². The predicted molar refractivity (Wildman–Crippen MR) is 144 cm³/mol. The lowest BCUT2D eigenvalue weighted by Crippen LogP contribution is -2.29. The zero-order valence-corrected chi connectivity index (χ0v) is 22.6. The van der Waals surface area contributed by atoms with E-state index in [0.717, 1.165) is 0 Å². The number of nitrogens with zero attached hydrogens (tertiary/aromatic N) is 5. The standard InChI is InChI=1S/C24H32N10O6/c1-5-40-24(39)21-31-17(13-34(21)4)29-19(36)7-9-26-22(37)15-10-14(11-32(15)2)27-23(38)20-30-16(12-33(20)3)28-18(35)6-8-25/h10-13H,5-9,25H2,1-4H3,(H,26,37)(H,27,38)(H,28,35)(H,29,36). The van der Waals surface area contributed by atoms with Gasteiger partial charge in [-0.1, -0.05) is 0 Å². The van der Waals surface area contributed by atoms with Crippen molar-refractivity contribution in [2.75, 3.05) is 35.6 Å². The minimum atomic E-state index is -0.604. The molecule has 0 aliphatic rings. The molecule has 0 aliphatic carbocycles. The predicted octanol–water partition coefficient (Wildman–Crippen LogP) is -0.0330. The fourth-order valence-corrected chi connectivity index (χ4v) is 3.62. The second-order valence-electron chi connectivity index (χ2n) is 8.66. The summed E-state index contributed by atoms with van der Waals surface area (Å²) in [6, 6.07) is 1.48. The van der Waals surface area contributed by atoms with Crippen molar-refractivity contribution in [3.05, 3.63) is 42.0 Å². The first-order valence-corrected chi connectivity index (χ1v) is 12.3. The van der Waals surface area contributed by atoms with Crippen molar-refractivity contribution in [3.8, 4) is 0 Å². The summed E-state index contributed by atoms with van der Waals surface area (Å²) in [6.07, 6.45) is 4.60. The van der Waals surface area contributed by atoms with Crippen LogP contribution in [0.2, 0.25) is 0 Å². The molecule has 40 heavy (non-hydrogen) atoms. The first kappa shape index (κ1) is 29.6. The highest BCUT2D eigenvalue weighted by atomic mass is 16.5. The van der Waals surface area contributed by atoms with E-state index in [1.807, 2.05) is 0 Å². The van der Waals surface area contributed by atoms with Crippen molar-refractivity contribution >= 4 is 46.9 Å². The minimum absolute atomic E-state index is 0.0288. The van der Waals surface area contributed by atoms with Crippen molar-refractivity contribution in [2.45, 2.75) is 19.8 Å². The number of carbonyl (C=O) groups is 5. The van der Waals surface area contributed by atoms with E-state index in [1.165, 1.54) is 32.2 Å². The van der Waals surface area contributed by atoms with Crippen LogP contribution in [0.3, 0.4) is 0 Å². The van der Waals surface area contributed by atoms with E-state index in [9.17, 15) is 24.0 Å². The molecule has 3 aromatic rings. The molecule has 0 aliphatic heterocycles. The van der Waals surface area contributed by atoms with Crippen LogP contribution in [0.1, 0.15) is 51.5 Å². The summed E-state index contributed by atoms with van der Waals surface area (Å²) < 4.78 is 9.33. The number of ether oxygens (including phenoxy) is 1. The third-order valence-corrected chi connectivity index (χ3v) is 5.45. The van der Waals surface area contributed by atoms with Crippen LogP contribution in [-0.4, -0.2) is 73.0 Å². The Morgan fingerprint density at radius 2 is 1.43 bits per heavy atom. The summed E-state index contributed by atoms with van der Waals surface area (Å²) in [6.45, 7) is 2.09. The zero-order chi connectivity index (χ0) is 29.4. The number of imidazole rings is 2. The molecule has 3 aromatic heterocycles. The Morgan fingerprint density at radius 1 is 0.825 bits per heavy atom. The molecule has 0 unspecified atom stereocenters. The molecule has 0 spiro atoms. The van der Waals surface area contributed by atoms with Crippen LogP contribution in [0.4, 0.5) is 17.3 Å². The normalized spacial score (nSPS) is 10.6. The Bertz CT molecular complexity index is 1420. The number of anilines is 3. The van der Waals surface area contributed by atoms with Crippen LogP contribution < -0.4 is 27.0 Å². The van der Waals surface area contributed by atoms with E-state index in [0.29, 0.717) is 5.69 Å². The van der Waals surface area contributed by atoms with Crippen LogP contribution in [0.25, 0.3) is 0 Å². The molecule has 0 radical (unpaired) electrons. The van der Waals surface area contributed by atoms with Gasteiger partial charge in [0, 0.05) is 65.7 Å². The summed E-state index contributed by atoms with van der Waals surface area (Å²) in [5, 5.41) is 10.5. The number of nitrogens with one attached hydrogen (secondary N) is 4. The Kier molecular flexibility index (Phi) is 9.75. The molecule has 6 N–H and O–H groups in total. The maximum Gasteiger partial charge on any atom is 0.374 e. The lowest BCUT2D eigenvalue weighted by molar-refractivity contribution is -0.116. The molecule has 16 heteroatoms. The van der Waals surface area contributed by atoms with Crippen molar-refractivity contribution < 1.29 is 28.7 Å². The average Bonchev–Trinajstić information content (AvgIpc) is 3.55. The van der Waals surface area contributed by atoms with Crippen LogP contribution in [0, 0.1) is 0 Å². The van der Waals surface area contributed by atoms with Gasteiger partial charge < -0.3 is 45.4 Å². The molecule has 3 rings (SSSR count). The van der Waals surface area contributed by atoms with Crippen LogP contribution in [0.5, 0.6) is 0 Å². The number of esters is 1. The van der Waals surface area contributed by atoms with Crippen molar-refractivity contribution in [3.63, 3.8) is 0 Å². The van der Waals surface area contributed by atoms with E-state index >= 15 is 0 Å². The number of rotatable bonds is 12. The number of nitrogens with two attached hydrogens (primary N) is 1. The lowest BCUT2D eigenvalue weighted by atomic mass is 10.3. The third-order valence-electron chi connectivity index (χ3n) is 5.45. The lowest BCUT2D eigenvalue weighted by Gasteiger charge is -2.06. The number of carbonyl (C=O) groups excluding carboxylic acids is 5. The number of aromatic nitrogens is 5. The zero-order valence-electron chi connectivity index (χ0n) is 22.6. The smallest absolute Gasteiger partial charge is 0.374 e. The van der Waals surface area contributed by atoms with Crippen molar-refractivity contribution in [1.82, 2.24) is 29.0 Å². The molecule has 0 bridgehead atoms. The largest absolute Gasteiger partial charge is 0.460 e. The Hall–Kier alpha value is -4.99. The Balaban J connectivity index is 1.52. The maximum absolute atomic E-state index is 12.7. The Morgan fingerprint density at radius 3 is 2.05 bits per heavy atom. The molecule has 3 heterocycles. The van der Waals surface area contributed by atoms with Gasteiger partial charge in [-0.05, 0) is 13.0 Å². The summed E-state index contributed by atoms with van der Waals surface area (Å²) in [5.41, 5.74) is 5.95. The highest BCUT2D eigenvalue weighted by molar-refractivity contribution is 6.03. The van der Waals surface area contributed by atoms with E-state index in [-0.39, 0.29) is 67.4 Å². The van der Waals surface area contributed by atoms with E-state index < -0.39 is 23.7 Å². The molecule has 0 saturated heterocycles. The number of hydrogen-bond acceptors (Lipinski definition) is 9. The quantitative estimate of drug-likeness (QED) is 0.189. The topological polar surface area (TPSA) is 209 Å². The molecule has 4 amide bonds. The summed E-state index contributed by atoms with van der Waals surface area (Å²) >= 11 is 0. The van der Waals surface area contributed by atoms with Gasteiger partial charge in [-0.25, -0.2) is 14.8 Å². The molecule has 16 nitrogen and oxygen atoms in total. The number of aryl methyl sites for hydroxylation is 3. The molecular formula is C24H32N10O6. The molecule has 0 fully saturated rings. The fourth-order valence-electron chi connectivity index (χ4n) is 3.62. The minimum Gasteiger partial charge on any atom is -0.460 e. The summed E-state index contributed by atoms with van der Waals surface area (Å²) in [7, 11) is 4.84. The van der Waals surface area contributed by atoms with Gasteiger partial charge in [-0.3, -0.25) is 19.2 Å². The SMILES string of the molecule is CCOC(=O)c1nc(NC(=O)CCNC(=O)c2cc(NC(=O)c3nc(NC(=O)CCN)cn3C)cn2C)cn1C. The fraction of sp³-hybridized carbons (Fsp3) is 0.375. The highest BCUT2D eigenvalue weighted by Gasteiger charge is 2.19. The van der Waals surface area contributed by atoms with E-state index in [1.54, 1.807) is 34.3 Å². The van der Waals surface area contributed by atoms with Gasteiger partial charge in [0.25, 0.3) is 11.8 Å². The van der Waals surface area contributed by atoms with Gasteiger partial charge in [0.2, 0.25) is 23.5 Å². The third kappa shape index (κ3) is 7.53. The van der Waals surface area contributed by atoms with Gasteiger partial charge in [-0.15, -0.1) is 0 Å². The Labute approximate surface area is 229 Å². The van der Waals surface area contributed by atoms with Crippen LogP contribution in [0.15, 0.2) is 24.7 Å². The van der Waals surface area contributed by atoms with Gasteiger partial charge in [0.05, 0.1) is 12.3 Å². The molecule has 214 valence electrons. The van der Waals surface area contributed by atoms with E-state index in [4.69, 9.17) is 10.5 Å². The first-order valence-electron chi connectivity index (χ1n) is 12.3. The second-order valence-corrected chi connectivity index (χ2v) is 8.66. The monoisotopic (exact) mass is 556 g/mol. The van der Waals surface area contributed by atoms with E-state index in [2.05, 4.69) is 31.2 Å². The molecule has 0 atom stereocenters. The van der Waals surface area contributed by atoms with Crippen LogP contribution in [-0.2, 0) is 35.5 Å². The molecule has 0 aromatic carbocycles. The van der Waals surface area contributed by atoms with Gasteiger partial charge in [0.1, 0.15) is 5.69 Å².